The molecule has 0 saturated heterocycles. The van der Waals surface area contributed by atoms with Gasteiger partial charge >= 0.3 is 7.82 Å². The van der Waals surface area contributed by atoms with Crippen molar-refractivity contribution in [3.05, 3.63) is 0 Å². The summed E-state index contributed by atoms with van der Waals surface area (Å²) in [7, 11) is -3.83. The Morgan fingerprint density at radius 2 is 0.950 bits per heavy atom. The first-order chi connectivity index (χ1) is 9.36. The predicted octanol–water partition coefficient (Wildman–Crippen LogP) is -3.00. The van der Waals surface area contributed by atoms with Crippen molar-refractivity contribution < 1.29 is 18.1 Å². The van der Waals surface area contributed by atoms with Crippen LogP contribution in [0.4, 0.5) is 0 Å². The lowest BCUT2D eigenvalue weighted by Gasteiger charge is -2.22. The van der Waals surface area contributed by atoms with Crippen molar-refractivity contribution >= 4 is 7.82 Å². The van der Waals surface area contributed by atoms with Crippen molar-refractivity contribution in [3.63, 3.8) is 0 Å². The van der Waals surface area contributed by atoms with Gasteiger partial charge in [-0.2, -0.15) is 0 Å². The summed E-state index contributed by atoms with van der Waals surface area (Å²) in [5.41, 5.74) is 32.7. The van der Waals surface area contributed by atoms with Crippen molar-refractivity contribution in [1.29, 1.82) is 0 Å². The Kier molecular flexibility index (Phi) is 10.5. The molecule has 0 aliphatic heterocycles. The zero-order valence-electron chi connectivity index (χ0n) is 11.5. The molecule has 0 aliphatic rings. The van der Waals surface area contributed by atoms with Crippen molar-refractivity contribution in [2.24, 2.45) is 34.4 Å². The summed E-state index contributed by atoms with van der Waals surface area (Å²) in [6.07, 6.45) is 0. The van der Waals surface area contributed by atoms with E-state index in [1.165, 1.54) is 0 Å². The van der Waals surface area contributed by atoms with Gasteiger partial charge in [0.15, 0.2) is 0 Å². The molecule has 122 valence electrons. The SMILES string of the molecule is NCC(N)COP(=O)(OCC(N)CN)OCC(N)CN. The Bertz CT molecular complexity index is 255. The second-order valence-corrected chi connectivity index (χ2v) is 5.99. The van der Waals surface area contributed by atoms with Gasteiger partial charge in [0.1, 0.15) is 0 Å². The van der Waals surface area contributed by atoms with Crippen molar-refractivity contribution in [1.82, 2.24) is 0 Å². The van der Waals surface area contributed by atoms with E-state index in [4.69, 9.17) is 48.0 Å². The summed E-state index contributed by atoms with van der Waals surface area (Å²) in [4.78, 5) is 0. The number of phosphoric ester groups is 1. The number of hydrogen-bond donors (Lipinski definition) is 6. The van der Waals surface area contributed by atoms with E-state index in [0.717, 1.165) is 0 Å². The van der Waals surface area contributed by atoms with Gasteiger partial charge in [-0.05, 0) is 0 Å². The van der Waals surface area contributed by atoms with Gasteiger partial charge in [0.25, 0.3) is 0 Å². The summed E-state index contributed by atoms with van der Waals surface area (Å²) in [6.45, 7) is 0.274. The molecule has 0 spiro atoms. The first kappa shape index (κ1) is 19.9. The molecule has 0 fully saturated rings. The third-order valence-corrected chi connectivity index (χ3v) is 3.64. The number of rotatable bonds is 12. The minimum absolute atomic E-state index is 0.0799. The molecule has 0 aromatic rings. The molecular weight excluding hydrogens is 287 g/mol. The van der Waals surface area contributed by atoms with E-state index in [2.05, 4.69) is 0 Å². The molecule has 0 radical (unpaired) electrons. The quantitative estimate of drug-likeness (QED) is 0.201. The molecule has 3 unspecified atom stereocenters. The van der Waals surface area contributed by atoms with E-state index >= 15 is 0 Å². The van der Waals surface area contributed by atoms with E-state index in [0.29, 0.717) is 0 Å². The third-order valence-electron chi connectivity index (χ3n) is 2.25. The van der Waals surface area contributed by atoms with Crippen molar-refractivity contribution in [2.45, 2.75) is 18.1 Å². The molecule has 3 atom stereocenters. The summed E-state index contributed by atoms with van der Waals surface area (Å²) < 4.78 is 27.6. The molecule has 0 heterocycles. The first-order valence-electron chi connectivity index (χ1n) is 6.27. The Hall–Kier alpha value is -0.130. The van der Waals surface area contributed by atoms with Crippen LogP contribution in [0, 0.1) is 0 Å². The fourth-order valence-electron chi connectivity index (χ4n) is 0.877. The van der Waals surface area contributed by atoms with E-state index in [1.54, 1.807) is 0 Å². The van der Waals surface area contributed by atoms with Gasteiger partial charge in [0.05, 0.1) is 19.8 Å². The molecular formula is C9H27N6O4P. The number of hydrogen-bond acceptors (Lipinski definition) is 10. The van der Waals surface area contributed by atoms with Gasteiger partial charge in [-0.1, -0.05) is 0 Å². The maximum Gasteiger partial charge on any atom is 0.474 e. The lowest BCUT2D eigenvalue weighted by Crippen LogP contribution is -2.37. The molecule has 0 aliphatic carbocycles. The van der Waals surface area contributed by atoms with Crippen LogP contribution < -0.4 is 34.4 Å². The van der Waals surface area contributed by atoms with Crippen molar-refractivity contribution in [3.8, 4) is 0 Å². The van der Waals surface area contributed by atoms with Gasteiger partial charge in [0, 0.05) is 37.8 Å². The summed E-state index contributed by atoms with van der Waals surface area (Å²) in [5, 5.41) is 0. The molecule has 0 rings (SSSR count). The largest absolute Gasteiger partial charge is 0.474 e. The topological polar surface area (TPSA) is 201 Å². The second-order valence-electron chi connectivity index (χ2n) is 4.32. The van der Waals surface area contributed by atoms with Gasteiger partial charge in [-0.15, -0.1) is 0 Å². The Balaban J connectivity index is 4.45. The molecule has 10 nitrogen and oxygen atoms in total. The van der Waals surface area contributed by atoms with Crippen LogP contribution in [-0.4, -0.2) is 57.6 Å². The van der Waals surface area contributed by atoms with Crippen LogP contribution in [0.5, 0.6) is 0 Å². The van der Waals surface area contributed by atoms with Crippen molar-refractivity contribution in [2.75, 3.05) is 39.5 Å². The van der Waals surface area contributed by atoms with Crippen LogP contribution in [0.15, 0.2) is 0 Å². The molecule has 0 saturated carbocycles. The van der Waals surface area contributed by atoms with E-state index in [1.807, 2.05) is 0 Å². The highest BCUT2D eigenvalue weighted by atomic mass is 31.2. The normalized spacial score (nSPS) is 19.3. The standard InChI is InChI=1S/C9H27N6O4P/c10-1-7(13)4-17-20(16,18-5-8(14)2-11)19-6-9(15)3-12/h7-9H,1-6,10-15H2. The molecule has 12 N–H and O–H groups in total. The van der Waals surface area contributed by atoms with Gasteiger partial charge < -0.3 is 34.4 Å². The molecule has 0 aromatic heterocycles. The maximum absolute atomic E-state index is 12.3. The van der Waals surface area contributed by atoms with Crippen LogP contribution in [0.1, 0.15) is 0 Å². The summed E-state index contributed by atoms with van der Waals surface area (Å²) in [6, 6.07) is -1.45. The lowest BCUT2D eigenvalue weighted by atomic mass is 10.3. The highest BCUT2D eigenvalue weighted by Crippen LogP contribution is 2.49. The van der Waals surface area contributed by atoms with Crippen LogP contribution in [0.25, 0.3) is 0 Å². The molecule has 0 amide bonds. The predicted molar refractivity (Wildman–Crippen MR) is 76.6 cm³/mol. The maximum atomic E-state index is 12.3. The highest BCUT2D eigenvalue weighted by Gasteiger charge is 2.29. The molecule has 20 heavy (non-hydrogen) atoms. The van der Waals surface area contributed by atoms with Crippen LogP contribution in [0.3, 0.4) is 0 Å². The monoisotopic (exact) mass is 314 g/mol. The summed E-state index contributed by atoms with van der Waals surface area (Å²) >= 11 is 0. The first-order valence-corrected chi connectivity index (χ1v) is 7.73. The Morgan fingerprint density at radius 3 is 1.15 bits per heavy atom. The second kappa shape index (κ2) is 10.6. The Morgan fingerprint density at radius 1 is 0.700 bits per heavy atom. The zero-order chi connectivity index (χ0) is 15.6. The average Bonchev–Trinajstić information content (AvgIpc) is 2.47. The van der Waals surface area contributed by atoms with Gasteiger partial charge in [0.2, 0.25) is 0 Å². The smallest absolute Gasteiger partial charge is 0.329 e. The van der Waals surface area contributed by atoms with Gasteiger partial charge in [-0.25, -0.2) is 4.57 Å². The van der Waals surface area contributed by atoms with Crippen LogP contribution in [0.2, 0.25) is 0 Å². The molecule has 11 heteroatoms. The van der Waals surface area contributed by atoms with E-state index in [9.17, 15) is 4.57 Å². The van der Waals surface area contributed by atoms with E-state index in [-0.39, 0.29) is 39.5 Å². The zero-order valence-corrected chi connectivity index (χ0v) is 12.4. The molecule has 0 aromatic carbocycles. The fourth-order valence-corrected chi connectivity index (χ4v) is 2.22. The number of phosphoric acid groups is 1. The van der Waals surface area contributed by atoms with Crippen LogP contribution >= 0.6 is 7.82 Å². The minimum atomic E-state index is -3.83. The van der Waals surface area contributed by atoms with Gasteiger partial charge in [-0.3, -0.25) is 13.6 Å². The lowest BCUT2D eigenvalue weighted by molar-refractivity contribution is 0.101. The summed E-state index contributed by atoms with van der Waals surface area (Å²) in [5.74, 6) is 0. The van der Waals surface area contributed by atoms with Crippen LogP contribution in [-0.2, 0) is 18.1 Å². The van der Waals surface area contributed by atoms with E-state index < -0.39 is 25.9 Å². The Labute approximate surface area is 119 Å². The fraction of sp³-hybridized carbons (Fsp3) is 1.00. The minimum Gasteiger partial charge on any atom is -0.329 e. The highest BCUT2D eigenvalue weighted by molar-refractivity contribution is 7.48. The average molecular weight is 314 g/mol. The molecule has 0 bridgehead atoms. The number of nitrogens with two attached hydrogens (primary N) is 6. The third kappa shape index (κ3) is 8.93.